The maximum atomic E-state index is 9.65. The van der Waals surface area contributed by atoms with E-state index in [1.165, 1.54) is 12.3 Å². The van der Waals surface area contributed by atoms with Crippen molar-refractivity contribution < 1.29 is 9.84 Å². The van der Waals surface area contributed by atoms with Gasteiger partial charge in [0.15, 0.2) is 5.11 Å². The molecule has 0 amide bonds. The zero-order chi connectivity index (χ0) is 15.9. The van der Waals surface area contributed by atoms with Crippen LogP contribution < -0.4 is 15.5 Å². The van der Waals surface area contributed by atoms with Crippen molar-refractivity contribution in [1.29, 1.82) is 0 Å². The molecule has 0 aliphatic heterocycles. The van der Waals surface area contributed by atoms with Crippen LogP contribution >= 0.6 is 23.8 Å². The molecule has 3 N–H and O–H groups in total. The third-order valence-electron chi connectivity index (χ3n) is 2.71. The summed E-state index contributed by atoms with van der Waals surface area (Å²) in [7, 11) is 1.61. The molecule has 0 aliphatic carbocycles. The van der Waals surface area contributed by atoms with Crippen LogP contribution in [0.4, 0.5) is 5.69 Å². The highest BCUT2D eigenvalue weighted by atomic mass is 35.5. The van der Waals surface area contributed by atoms with Crippen molar-refractivity contribution in [2.45, 2.75) is 0 Å². The number of phenols is 1. The number of aromatic hydroxyl groups is 1. The van der Waals surface area contributed by atoms with E-state index in [4.69, 9.17) is 28.6 Å². The zero-order valence-electron chi connectivity index (χ0n) is 11.7. The largest absolute Gasteiger partial charge is 0.507 e. The minimum Gasteiger partial charge on any atom is -0.507 e. The molecule has 0 heterocycles. The zero-order valence-corrected chi connectivity index (χ0v) is 13.3. The minimum absolute atomic E-state index is 0.0870. The highest BCUT2D eigenvalue weighted by molar-refractivity contribution is 7.80. The highest BCUT2D eigenvalue weighted by Gasteiger charge is 2.00. The number of anilines is 1. The van der Waals surface area contributed by atoms with Crippen LogP contribution in [0.25, 0.3) is 0 Å². The van der Waals surface area contributed by atoms with E-state index in [1.54, 1.807) is 19.2 Å². The number of ether oxygens (including phenoxy) is 1. The summed E-state index contributed by atoms with van der Waals surface area (Å²) in [5.41, 5.74) is 3.96. The van der Waals surface area contributed by atoms with Gasteiger partial charge in [-0.1, -0.05) is 11.6 Å². The number of hydrazone groups is 1. The molecule has 0 spiro atoms. The molecule has 0 radical (unpaired) electrons. The number of hydrogen-bond acceptors (Lipinski definition) is 4. The van der Waals surface area contributed by atoms with Crippen molar-refractivity contribution in [2.75, 3.05) is 12.4 Å². The standard InChI is InChI=1S/C15H14ClN3O2S/c1-21-13-5-3-12(4-6-13)18-15(22)19-17-9-10-8-11(16)2-7-14(10)20/h2-9,20H,1H3,(H2,18,19,22)/b17-9-. The van der Waals surface area contributed by atoms with Crippen molar-refractivity contribution in [1.82, 2.24) is 5.43 Å². The summed E-state index contributed by atoms with van der Waals surface area (Å²) in [6.07, 6.45) is 1.43. The van der Waals surface area contributed by atoms with Gasteiger partial charge in [-0.25, -0.2) is 0 Å². The molecular weight excluding hydrogens is 322 g/mol. The van der Waals surface area contributed by atoms with E-state index in [1.807, 2.05) is 24.3 Å². The first-order chi connectivity index (χ1) is 10.6. The molecule has 0 bridgehead atoms. The molecule has 0 saturated carbocycles. The van der Waals surface area contributed by atoms with Crippen LogP contribution in [0.5, 0.6) is 11.5 Å². The van der Waals surface area contributed by atoms with Gasteiger partial charge in [0.1, 0.15) is 11.5 Å². The number of phenolic OH excluding ortho intramolecular Hbond substituents is 1. The molecule has 0 aliphatic rings. The van der Waals surface area contributed by atoms with E-state index in [0.29, 0.717) is 15.7 Å². The number of nitrogens with zero attached hydrogens (tertiary/aromatic N) is 1. The molecule has 0 unspecified atom stereocenters. The average molecular weight is 336 g/mol. The first kappa shape index (κ1) is 16.1. The lowest BCUT2D eigenvalue weighted by molar-refractivity contribution is 0.415. The summed E-state index contributed by atoms with van der Waals surface area (Å²) in [6.45, 7) is 0. The summed E-state index contributed by atoms with van der Waals surface area (Å²) in [4.78, 5) is 0. The lowest BCUT2D eigenvalue weighted by Crippen LogP contribution is -2.23. The normalized spacial score (nSPS) is 10.5. The van der Waals surface area contributed by atoms with Crippen LogP contribution in [0, 0.1) is 0 Å². The average Bonchev–Trinajstić information content (AvgIpc) is 2.51. The number of halogens is 1. The van der Waals surface area contributed by atoms with Crippen LogP contribution in [0.3, 0.4) is 0 Å². The Kier molecular flexibility index (Phi) is 5.57. The lowest BCUT2D eigenvalue weighted by Gasteiger charge is -2.07. The molecule has 114 valence electrons. The van der Waals surface area contributed by atoms with E-state index in [2.05, 4.69) is 15.8 Å². The maximum absolute atomic E-state index is 9.65. The third kappa shape index (κ3) is 4.61. The van der Waals surface area contributed by atoms with Crippen molar-refractivity contribution in [3.63, 3.8) is 0 Å². The molecule has 2 aromatic rings. The van der Waals surface area contributed by atoms with Crippen molar-refractivity contribution in [2.24, 2.45) is 5.10 Å². The Morgan fingerprint density at radius 1 is 1.27 bits per heavy atom. The molecule has 5 nitrogen and oxygen atoms in total. The van der Waals surface area contributed by atoms with Crippen molar-refractivity contribution >= 4 is 40.8 Å². The number of hydrogen-bond donors (Lipinski definition) is 3. The van der Waals surface area contributed by atoms with Gasteiger partial charge in [-0.2, -0.15) is 5.10 Å². The van der Waals surface area contributed by atoms with Gasteiger partial charge in [0, 0.05) is 16.3 Å². The number of thiocarbonyl (C=S) groups is 1. The van der Waals surface area contributed by atoms with Crippen molar-refractivity contribution in [3.05, 3.63) is 53.1 Å². The Bertz CT molecular complexity index is 690. The van der Waals surface area contributed by atoms with Gasteiger partial charge in [-0.15, -0.1) is 0 Å². The van der Waals surface area contributed by atoms with Gasteiger partial charge in [0.2, 0.25) is 0 Å². The summed E-state index contributed by atoms with van der Waals surface area (Å²) >= 11 is 11.0. The van der Waals surface area contributed by atoms with Crippen molar-refractivity contribution in [3.8, 4) is 11.5 Å². The fourth-order valence-electron chi connectivity index (χ4n) is 1.62. The van der Waals surface area contributed by atoms with Gasteiger partial charge in [-0.3, -0.25) is 5.43 Å². The summed E-state index contributed by atoms with van der Waals surface area (Å²) < 4.78 is 5.07. The molecule has 0 atom stereocenters. The fraction of sp³-hybridized carbons (Fsp3) is 0.0667. The summed E-state index contributed by atoms with van der Waals surface area (Å²) in [6, 6.07) is 12.0. The van der Waals surface area contributed by atoms with Crippen LogP contribution in [0.15, 0.2) is 47.6 Å². The first-order valence-corrected chi connectivity index (χ1v) is 7.10. The topological polar surface area (TPSA) is 65.9 Å². The number of rotatable bonds is 4. The molecule has 2 aromatic carbocycles. The van der Waals surface area contributed by atoms with E-state index in [-0.39, 0.29) is 5.75 Å². The van der Waals surface area contributed by atoms with E-state index in [9.17, 15) is 5.11 Å². The molecule has 2 rings (SSSR count). The molecule has 0 saturated heterocycles. The third-order valence-corrected chi connectivity index (χ3v) is 3.14. The fourth-order valence-corrected chi connectivity index (χ4v) is 1.97. The van der Waals surface area contributed by atoms with Gasteiger partial charge >= 0.3 is 0 Å². The van der Waals surface area contributed by atoms with Crippen LogP contribution in [0.2, 0.25) is 5.02 Å². The summed E-state index contributed by atoms with van der Waals surface area (Å²) in [5.74, 6) is 0.850. The number of nitrogens with one attached hydrogen (secondary N) is 2. The second-order valence-corrected chi connectivity index (χ2v) is 5.10. The molecule has 0 aromatic heterocycles. The maximum Gasteiger partial charge on any atom is 0.191 e. The quantitative estimate of drug-likeness (QED) is 0.454. The first-order valence-electron chi connectivity index (χ1n) is 6.31. The Morgan fingerprint density at radius 3 is 2.68 bits per heavy atom. The Labute approximate surface area is 138 Å². The smallest absolute Gasteiger partial charge is 0.191 e. The van der Waals surface area contributed by atoms with Crippen LogP contribution in [0.1, 0.15) is 5.56 Å². The molecular formula is C15H14ClN3O2S. The molecule has 22 heavy (non-hydrogen) atoms. The highest BCUT2D eigenvalue weighted by Crippen LogP contribution is 2.19. The predicted octanol–water partition coefficient (Wildman–Crippen LogP) is 3.37. The second-order valence-electron chi connectivity index (χ2n) is 4.26. The molecule has 7 heteroatoms. The number of methoxy groups -OCH3 is 1. The molecule has 0 fully saturated rings. The Morgan fingerprint density at radius 2 is 2.00 bits per heavy atom. The minimum atomic E-state index is 0.0870. The SMILES string of the molecule is COc1ccc(NC(=S)N/N=C\c2cc(Cl)ccc2O)cc1. The monoisotopic (exact) mass is 335 g/mol. The number of benzene rings is 2. The van der Waals surface area contributed by atoms with Gasteiger partial charge in [-0.05, 0) is 54.7 Å². The van der Waals surface area contributed by atoms with Gasteiger partial charge in [0.25, 0.3) is 0 Å². The Hall–Kier alpha value is -2.31. The van der Waals surface area contributed by atoms with Gasteiger partial charge < -0.3 is 15.2 Å². The van der Waals surface area contributed by atoms with E-state index >= 15 is 0 Å². The van der Waals surface area contributed by atoms with Crippen LogP contribution in [-0.4, -0.2) is 23.5 Å². The Balaban J connectivity index is 1.91. The second kappa shape index (κ2) is 7.63. The van der Waals surface area contributed by atoms with Gasteiger partial charge in [0.05, 0.1) is 13.3 Å². The summed E-state index contributed by atoms with van der Waals surface area (Å²) in [5, 5.41) is 17.4. The predicted molar refractivity (Wildman–Crippen MR) is 93.1 cm³/mol. The van der Waals surface area contributed by atoms with E-state index < -0.39 is 0 Å². The van der Waals surface area contributed by atoms with Crippen LogP contribution in [-0.2, 0) is 0 Å². The van der Waals surface area contributed by atoms with E-state index in [0.717, 1.165) is 11.4 Å². The lowest BCUT2D eigenvalue weighted by atomic mass is 10.2.